The largest absolute Gasteiger partial charge is 0.356 e. The van der Waals surface area contributed by atoms with Crippen molar-refractivity contribution < 1.29 is 4.79 Å². The highest BCUT2D eigenvalue weighted by Crippen LogP contribution is 2.11. The quantitative estimate of drug-likeness (QED) is 0.817. The molecule has 0 aliphatic carbocycles. The van der Waals surface area contributed by atoms with Gasteiger partial charge in [-0.3, -0.25) is 9.59 Å². The van der Waals surface area contributed by atoms with Crippen molar-refractivity contribution in [1.29, 1.82) is 0 Å². The Labute approximate surface area is 140 Å². The minimum Gasteiger partial charge on any atom is -0.356 e. The fourth-order valence-corrected chi connectivity index (χ4v) is 2.40. The summed E-state index contributed by atoms with van der Waals surface area (Å²) in [6.07, 6.45) is 2.62. The smallest absolute Gasteiger partial charge is 0.251 e. The van der Waals surface area contributed by atoms with Gasteiger partial charge in [0.1, 0.15) is 5.82 Å². The molecule has 1 aromatic heterocycles. The lowest BCUT2D eigenvalue weighted by molar-refractivity contribution is -0.121. The van der Waals surface area contributed by atoms with E-state index in [9.17, 15) is 9.59 Å². The van der Waals surface area contributed by atoms with Crippen LogP contribution in [0.4, 0.5) is 0 Å². The van der Waals surface area contributed by atoms with E-state index in [0.717, 1.165) is 12.8 Å². The molecular weight excluding hydrogens is 314 g/mol. The van der Waals surface area contributed by atoms with Crippen LogP contribution in [0, 0.1) is 6.92 Å². The maximum absolute atomic E-state index is 11.8. The topological polar surface area (TPSA) is 74.8 Å². The number of aryl methyl sites for hydroxylation is 2. The van der Waals surface area contributed by atoms with Gasteiger partial charge >= 0.3 is 0 Å². The summed E-state index contributed by atoms with van der Waals surface area (Å²) in [7, 11) is 0. The second-order valence-corrected chi connectivity index (χ2v) is 5.85. The molecule has 0 aliphatic rings. The van der Waals surface area contributed by atoms with Gasteiger partial charge in [0.25, 0.3) is 5.56 Å². The Kier molecular flexibility index (Phi) is 6.35. The van der Waals surface area contributed by atoms with E-state index >= 15 is 0 Å². The van der Waals surface area contributed by atoms with Crippen molar-refractivity contribution in [2.75, 3.05) is 6.54 Å². The van der Waals surface area contributed by atoms with Crippen LogP contribution in [-0.2, 0) is 17.6 Å². The number of rotatable bonds is 7. The van der Waals surface area contributed by atoms with E-state index in [-0.39, 0.29) is 11.5 Å². The first-order valence-electron chi connectivity index (χ1n) is 7.61. The average molecular weight is 334 g/mol. The molecule has 2 N–H and O–H groups in total. The van der Waals surface area contributed by atoms with Gasteiger partial charge in [0.05, 0.1) is 0 Å². The first-order valence-corrected chi connectivity index (χ1v) is 7.99. The molecule has 0 radical (unpaired) electrons. The minimum atomic E-state index is -0.165. The first kappa shape index (κ1) is 17.2. The second-order valence-electron chi connectivity index (χ2n) is 5.41. The summed E-state index contributed by atoms with van der Waals surface area (Å²) in [5.74, 6) is 0.602. The average Bonchev–Trinajstić information content (AvgIpc) is 2.48. The molecule has 2 aromatic rings. The Hall–Kier alpha value is -2.14. The van der Waals surface area contributed by atoms with Crippen molar-refractivity contribution in [3.63, 3.8) is 0 Å². The standard InChI is InChI=1S/C17H20ClN3O2/c1-12-11-17(23)21-15(20-12)9-10-19-16(22)4-2-3-13-5-7-14(18)8-6-13/h5-8,11H,2-4,9-10H2,1H3,(H,19,22)(H,20,21,23). The summed E-state index contributed by atoms with van der Waals surface area (Å²) in [6.45, 7) is 2.24. The number of hydrogen-bond donors (Lipinski definition) is 2. The molecule has 0 saturated carbocycles. The fourth-order valence-electron chi connectivity index (χ4n) is 2.27. The Bertz CT molecular complexity index is 711. The molecule has 1 heterocycles. The first-order chi connectivity index (χ1) is 11.0. The zero-order valence-corrected chi connectivity index (χ0v) is 13.8. The maximum Gasteiger partial charge on any atom is 0.251 e. The molecule has 0 unspecified atom stereocenters. The van der Waals surface area contributed by atoms with Gasteiger partial charge in [-0.2, -0.15) is 0 Å². The fraction of sp³-hybridized carbons (Fsp3) is 0.353. The summed E-state index contributed by atoms with van der Waals surface area (Å²) in [5.41, 5.74) is 1.68. The number of nitrogens with zero attached hydrogens (tertiary/aromatic N) is 1. The van der Waals surface area contributed by atoms with Crippen molar-refractivity contribution in [3.05, 3.63) is 62.8 Å². The summed E-state index contributed by atoms with van der Waals surface area (Å²) in [6, 6.07) is 9.10. The number of hydrogen-bond acceptors (Lipinski definition) is 3. The van der Waals surface area contributed by atoms with Crippen LogP contribution in [0.15, 0.2) is 35.1 Å². The molecule has 0 aliphatic heterocycles. The number of aromatic nitrogens is 2. The van der Waals surface area contributed by atoms with Gasteiger partial charge in [0, 0.05) is 36.2 Å². The summed E-state index contributed by atoms with van der Waals surface area (Å²) in [4.78, 5) is 30.0. The van der Waals surface area contributed by atoms with Gasteiger partial charge < -0.3 is 10.3 Å². The van der Waals surface area contributed by atoms with E-state index in [1.165, 1.54) is 11.6 Å². The van der Waals surface area contributed by atoms with Crippen LogP contribution < -0.4 is 10.9 Å². The number of aromatic amines is 1. The van der Waals surface area contributed by atoms with Crippen molar-refractivity contribution in [2.24, 2.45) is 0 Å². The number of benzene rings is 1. The van der Waals surface area contributed by atoms with Gasteiger partial charge in [-0.25, -0.2) is 4.98 Å². The molecule has 6 heteroatoms. The van der Waals surface area contributed by atoms with Crippen LogP contribution in [0.5, 0.6) is 0 Å². The van der Waals surface area contributed by atoms with E-state index in [1.54, 1.807) is 6.92 Å². The van der Waals surface area contributed by atoms with Crippen molar-refractivity contribution in [2.45, 2.75) is 32.6 Å². The van der Waals surface area contributed by atoms with Crippen LogP contribution in [0.25, 0.3) is 0 Å². The molecule has 0 atom stereocenters. The van der Waals surface area contributed by atoms with Gasteiger partial charge in [-0.1, -0.05) is 23.7 Å². The monoisotopic (exact) mass is 333 g/mol. The lowest BCUT2D eigenvalue weighted by Gasteiger charge is -2.06. The Morgan fingerprint density at radius 1 is 1.26 bits per heavy atom. The van der Waals surface area contributed by atoms with Crippen LogP contribution in [0.1, 0.15) is 29.9 Å². The lowest BCUT2D eigenvalue weighted by atomic mass is 10.1. The lowest BCUT2D eigenvalue weighted by Crippen LogP contribution is -2.26. The van der Waals surface area contributed by atoms with Gasteiger partial charge in [-0.05, 0) is 37.5 Å². The van der Waals surface area contributed by atoms with Crippen molar-refractivity contribution in [1.82, 2.24) is 15.3 Å². The zero-order valence-electron chi connectivity index (χ0n) is 13.1. The molecule has 0 fully saturated rings. The SMILES string of the molecule is Cc1cc(=O)[nH]c(CCNC(=O)CCCc2ccc(Cl)cc2)n1. The van der Waals surface area contributed by atoms with E-state index in [2.05, 4.69) is 15.3 Å². The molecule has 0 spiro atoms. The predicted octanol–water partition coefficient (Wildman–Crippen LogP) is 2.41. The third-order valence-corrected chi connectivity index (χ3v) is 3.64. The summed E-state index contributed by atoms with van der Waals surface area (Å²) < 4.78 is 0. The van der Waals surface area contributed by atoms with E-state index in [4.69, 9.17) is 11.6 Å². The third-order valence-electron chi connectivity index (χ3n) is 3.39. The Balaban J connectivity index is 1.67. The number of carbonyl (C=O) groups excluding carboxylic acids is 1. The highest BCUT2D eigenvalue weighted by Gasteiger charge is 2.03. The van der Waals surface area contributed by atoms with E-state index < -0.39 is 0 Å². The predicted molar refractivity (Wildman–Crippen MR) is 90.7 cm³/mol. The van der Waals surface area contributed by atoms with Crippen LogP contribution in [0.3, 0.4) is 0 Å². The number of halogens is 1. The molecule has 2 rings (SSSR count). The Morgan fingerprint density at radius 3 is 2.70 bits per heavy atom. The minimum absolute atomic E-state index is 0.00830. The normalized spacial score (nSPS) is 10.5. The zero-order chi connectivity index (χ0) is 16.7. The van der Waals surface area contributed by atoms with Crippen LogP contribution in [-0.4, -0.2) is 22.4 Å². The van der Waals surface area contributed by atoms with Gasteiger partial charge in [0.2, 0.25) is 5.91 Å². The van der Waals surface area contributed by atoms with E-state index in [0.29, 0.717) is 35.9 Å². The number of nitrogens with one attached hydrogen (secondary N) is 2. The third kappa shape index (κ3) is 6.24. The number of amides is 1. The van der Waals surface area contributed by atoms with Crippen molar-refractivity contribution >= 4 is 17.5 Å². The summed E-state index contributed by atoms with van der Waals surface area (Å²) >= 11 is 5.83. The molecule has 0 saturated heterocycles. The van der Waals surface area contributed by atoms with Crippen LogP contribution in [0.2, 0.25) is 5.02 Å². The molecule has 1 aromatic carbocycles. The number of H-pyrrole nitrogens is 1. The highest BCUT2D eigenvalue weighted by atomic mass is 35.5. The molecule has 1 amide bonds. The summed E-state index contributed by atoms with van der Waals surface area (Å²) in [5, 5.41) is 3.56. The molecule has 122 valence electrons. The van der Waals surface area contributed by atoms with Gasteiger partial charge in [-0.15, -0.1) is 0 Å². The van der Waals surface area contributed by atoms with Gasteiger partial charge in [0.15, 0.2) is 0 Å². The molecular formula is C17H20ClN3O2. The number of carbonyl (C=O) groups is 1. The highest BCUT2D eigenvalue weighted by molar-refractivity contribution is 6.30. The Morgan fingerprint density at radius 2 is 2.00 bits per heavy atom. The molecule has 23 heavy (non-hydrogen) atoms. The maximum atomic E-state index is 11.8. The molecule has 5 nitrogen and oxygen atoms in total. The molecule has 0 bridgehead atoms. The van der Waals surface area contributed by atoms with Crippen molar-refractivity contribution in [3.8, 4) is 0 Å². The van der Waals surface area contributed by atoms with E-state index in [1.807, 2.05) is 24.3 Å². The van der Waals surface area contributed by atoms with Crippen LogP contribution >= 0.6 is 11.6 Å². The second kappa shape index (κ2) is 8.48.